The van der Waals surface area contributed by atoms with Crippen LogP contribution < -0.4 is 0 Å². The molecular formula is C28H29FN4O3. The second-order valence-corrected chi connectivity index (χ2v) is 10.6. The molecule has 36 heavy (non-hydrogen) atoms. The quantitative estimate of drug-likeness (QED) is 0.476. The average Bonchev–Trinajstić information content (AvgIpc) is 3.23. The van der Waals surface area contributed by atoms with Gasteiger partial charge in [-0.2, -0.15) is 5.10 Å². The summed E-state index contributed by atoms with van der Waals surface area (Å²) in [5.41, 5.74) is 3.12. The minimum absolute atomic E-state index is 0.120. The number of benzene rings is 1. The van der Waals surface area contributed by atoms with Crippen molar-refractivity contribution in [3.8, 4) is 5.69 Å². The molecule has 2 aliphatic rings. The molecule has 5 rings (SSSR count). The van der Waals surface area contributed by atoms with Crippen molar-refractivity contribution < 1.29 is 18.7 Å². The van der Waals surface area contributed by atoms with E-state index in [1.54, 1.807) is 40.2 Å². The lowest BCUT2D eigenvalue weighted by Crippen LogP contribution is -2.54. The Kier molecular flexibility index (Phi) is 5.77. The third kappa shape index (κ3) is 4.32. The number of nitrogens with zero attached hydrogens (tertiary/aromatic N) is 4. The van der Waals surface area contributed by atoms with E-state index in [0.717, 1.165) is 28.1 Å². The number of piperidine rings is 1. The molecule has 0 N–H and O–H groups in total. The molecule has 1 aromatic carbocycles. The number of likely N-dealkylation sites (tertiary alicyclic amines) is 1. The molecule has 3 heterocycles. The number of Topliss-reactive ketones (excluding diaryl/α,β-unsaturated/α-hetero) is 1. The van der Waals surface area contributed by atoms with Crippen molar-refractivity contribution in [1.82, 2.24) is 19.7 Å². The van der Waals surface area contributed by atoms with Gasteiger partial charge in [0.1, 0.15) is 17.1 Å². The summed E-state index contributed by atoms with van der Waals surface area (Å²) in [6.07, 6.45) is 5.86. The van der Waals surface area contributed by atoms with Crippen LogP contribution in [0.1, 0.15) is 54.5 Å². The number of ether oxygens (including phenoxy) is 1. The number of hydrogen-bond acceptors (Lipinski definition) is 5. The Morgan fingerprint density at radius 1 is 1.14 bits per heavy atom. The van der Waals surface area contributed by atoms with Crippen molar-refractivity contribution in [3.63, 3.8) is 0 Å². The molecule has 0 bridgehead atoms. The minimum atomic E-state index is -0.973. The first-order valence-electron chi connectivity index (χ1n) is 12.0. The van der Waals surface area contributed by atoms with Crippen LogP contribution in [0, 0.1) is 18.2 Å². The molecule has 0 radical (unpaired) electrons. The van der Waals surface area contributed by atoms with Crippen LogP contribution in [0.2, 0.25) is 0 Å². The number of hydrogen-bond donors (Lipinski definition) is 0. The number of pyridine rings is 1. The molecule has 7 nitrogen and oxygen atoms in total. The van der Waals surface area contributed by atoms with E-state index < -0.39 is 17.1 Å². The summed E-state index contributed by atoms with van der Waals surface area (Å²) in [6.45, 7) is 8.05. The van der Waals surface area contributed by atoms with E-state index in [1.807, 2.05) is 39.8 Å². The lowest BCUT2D eigenvalue weighted by molar-refractivity contribution is 0.0138. The molecule has 186 valence electrons. The number of halogens is 1. The zero-order chi connectivity index (χ0) is 25.7. The second kappa shape index (κ2) is 8.69. The summed E-state index contributed by atoms with van der Waals surface area (Å²) < 4.78 is 20.9. The Morgan fingerprint density at radius 2 is 1.89 bits per heavy atom. The molecule has 0 spiro atoms. The molecule has 1 aliphatic carbocycles. The van der Waals surface area contributed by atoms with Crippen molar-refractivity contribution in [2.24, 2.45) is 5.41 Å². The SMILES string of the molecule is Cc1ccnc(C(=O)[C@]23Cc4cnn(-c5ccc(F)cc5)c4C=C2CCN(C(=O)OC(C)(C)C)C3)c1. The molecule has 3 aromatic rings. The molecule has 2 aromatic heterocycles. The van der Waals surface area contributed by atoms with E-state index in [0.29, 0.717) is 25.1 Å². The lowest BCUT2D eigenvalue weighted by Gasteiger charge is -2.45. The number of amides is 1. The summed E-state index contributed by atoms with van der Waals surface area (Å²) in [4.78, 5) is 33.2. The Balaban J connectivity index is 1.58. The Hall–Kier alpha value is -3.81. The standard InChI is InChI=1S/C28H29FN4O3/c1-18-9-11-30-23(13-18)25(34)28-15-19-16-31-33(22-7-5-21(29)6-8-22)24(19)14-20(28)10-12-32(17-28)26(35)36-27(2,3)4/h5-9,11,13-14,16H,10,12,15,17H2,1-4H3/t28-/m0/s1. The van der Waals surface area contributed by atoms with Gasteiger partial charge >= 0.3 is 6.09 Å². The monoisotopic (exact) mass is 488 g/mol. The number of carbonyl (C=O) groups is 2. The van der Waals surface area contributed by atoms with Gasteiger partial charge in [0.25, 0.3) is 0 Å². The van der Waals surface area contributed by atoms with E-state index in [4.69, 9.17) is 4.74 Å². The topological polar surface area (TPSA) is 77.3 Å². The summed E-state index contributed by atoms with van der Waals surface area (Å²) in [6, 6.07) is 9.79. The number of rotatable bonds is 3. The first-order chi connectivity index (χ1) is 17.1. The number of aryl methyl sites for hydroxylation is 1. The van der Waals surface area contributed by atoms with Gasteiger partial charge in [-0.1, -0.05) is 5.57 Å². The summed E-state index contributed by atoms with van der Waals surface area (Å²) in [5.74, 6) is -0.436. The van der Waals surface area contributed by atoms with Gasteiger partial charge in [0.05, 0.1) is 23.0 Å². The van der Waals surface area contributed by atoms with Crippen LogP contribution in [0.25, 0.3) is 11.8 Å². The molecule has 8 heteroatoms. The van der Waals surface area contributed by atoms with Crippen LogP contribution in [-0.4, -0.2) is 50.2 Å². The molecule has 1 atom stereocenters. The predicted octanol–water partition coefficient (Wildman–Crippen LogP) is 5.16. The Bertz CT molecular complexity index is 1370. The fourth-order valence-corrected chi connectivity index (χ4v) is 5.03. The highest BCUT2D eigenvalue weighted by molar-refractivity contribution is 6.03. The minimum Gasteiger partial charge on any atom is -0.444 e. The highest BCUT2D eigenvalue weighted by Gasteiger charge is 2.50. The van der Waals surface area contributed by atoms with Crippen molar-refractivity contribution in [2.45, 2.75) is 46.1 Å². The number of aromatic nitrogens is 3. The van der Waals surface area contributed by atoms with Gasteiger partial charge in [-0.3, -0.25) is 9.78 Å². The summed E-state index contributed by atoms with van der Waals surface area (Å²) in [7, 11) is 0. The molecule has 1 aliphatic heterocycles. The highest BCUT2D eigenvalue weighted by atomic mass is 19.1. The third-order valence-electron chi connectivity index (χ3n) is 6.72. The smallest absolute Gasteiger partial charge is 0.410 e. The number of carbonyl (C=O) groups excluding carboxylic acids is 2. The van der Waals surface area contributed by atoms with Gasteiger partial charge in [0, 0.05) is 19.3 Å². The van der Waals surface area contributed by atoms with Gasteiger partial charge < -0.3 is 9.64 Å². The van der Waals surface area contributed by atoms with Crippen LogP contribution in [0.5, 0.6) is 0 Å². The van der Waals surface area contributed by atoms with Crippen LogP contribution in [0.4, 0.5) is 9.18 Å². The van der Waals surface area contributed by atoms with E-state index >= 15 is 0 Å². The maximum atomic E-state index is 14.1. The number of fused-ring (bicyclic) bond motifs is 2. The van der Waals surface area contributed by atoms with E-state index in [1.165, 1.54) is 12.1 Å². The Labute approximate surface area is 209 Å². The molecule has 0 unspecified atom stereocenters. The van der Waals surface area contributed by atoms with Crippen molar-refractivity contribution in [2.75, 3.05) is 13.1 Å². The van der Waals surface area contributed by atoms with Crippen LogP contribution in [0.3, 0.4) is 0 Å². The van der Waals surface area contributed by atoms with Crippen molar-refractivity contribution in [1.29, 1.82) is 0 Å². The predicted molar refractivity (Wildman–Crippen MR) is 133 cm³/mol. The van der Waals surface area contributed by atoms with E-state index in [-0.39, 0.29) is 18.1 Å². The largest absolute Gasteiger partial charge is 0.444 e. The van der Waals surface area contributed by atoms with Crippen molar-refractivity contribution >= 4 is 18.0 Å². The Morgan fingerprint density at radius 3 is 2.58 bits per heavy atom. The van der Waals surface area contributed by atoms with Crippen LogP contribution in [0.15, 0.2) is 54.4 Å². The fourth-order valence-electron chi connectivity index (χ4n) is 5.03. The molecule has 1 saturated heterocycles. The zero-order valence-electron chi connectivity index (χ0n) is 20.9. The second-order valence-electron chi connectivity index (χ2n) is 10.6. The molecular weight excluding hydrogens is 459 g/mol. The maximum Gasteiger partial charge on any atom is 0.410 e. The van der Waals surface area contributed by atoms with Gasteiger partial charge in [-0.15, -0.1) is 0 Å². The summed E-state index contributed by atoms with van der Waals surface area (Å²) in [5, 5.41) is 4.55. The van der Waals surface area contributed by atoms with Gasteiger partial charge in [-0.25, -0.2) is 13.9 Å². The van der Waals surface area contributed by atoms with Crippen LogP contribution >= 0.6 is 0 Å². The van der Waals surface area contributed by atoms with Crippen LogP contribution in [-0.2, 0) is 11.2 Å². The lowest BCUT2D eigenvalue weighted by atomic mass is 9.65. The molecule has 1 amide bonds. The van der Waals surface area contributed by atoms with E-state index in [9.17, 15) is 14.0 Å². The summed E-state index contributed by atoms with van der Waals surface area (Å²) >= 11 is 0. The molecule has 1 fully saturated rings. The normalized spacial score (nSPS) is 19.2. The van der Waals surface area contributed by atoms with Gasteiger partial charge in [0.2, 0.25) is 0 Å². The van der Waals surface area contributed by atoms with Crippen molar-refractivity contribution in [3.05, 3.63) is 82.7 Å². The maximum absolute atomic E-state index is 14.1. The first kappa shape index (κ1) is 23.9. The van der Waals surface area contributed by atoms with E-state index in [2.05, 4.69) is 10.1 Å². The first-order valence-corrected chi connectivity index (χ1v) is 12.0. The zero-order valence-corrected chi connectivity index (χ0v) is 20.9. The van der Waals surface area contributed by atoms with Gasteiger partial charge in [-0.05, 0) is 94.1 Å². The third-order valence-corrected chi connectivity index (χ3v) is 6.72. The fraction of sp³-hybridized carbons (Fsp3) is 0.357. The number of ketones is 1. The van der Waals surface area contributed by atoms with Gasteiger partial charge in [0.15, 0.2) is 5.78 Å². The highest BCUT2D eigenvalue weighted by Crippen LogP contribution is 2.46. The molecule has 0 saturated carbocycles. The average molecular weight is 489 g/mol.